The van der Waals surface area contributed by atoms with E-state index in [0.29, 0.717) is 5.41 Å². The zero-order valence-corrected chi connectivity index (χ0v) is 10.1. The lowest BCUT2D eigenvalue weighted by Gasteiger charge is -2.26. The lowest BCUT2D eigenvalue weighted by atomic mass is 9.88. The Kier molecular flexibility index (Phi) is 2.58. The van der Waals surface area contributed by atoms with E-state index in [4.69, 9.17) is 0 Å². The minimum absolute atomic E-state index is 0.111. The van der Waals surface area contributed by atoms with Gasteiger partial charge in [0.15, 0.2) is 0 Å². The van der Waals surface area contributed by atoms with Gasteiger partial charge in [0, 0.05) is 17.2 Å². The molecule has 0 atom stereocenters. The van der Waals surface area contributed by atoms with Crippen molar-refractivity contribution in [2.45, 2.75) is 30.6 Å². The Morgan fingerprint density at radius 2 is 2.06 bits per heavy atom. The molecule has 0 aromatic heterocycles. The molecular formula is C13H16FNS. The predicted octanol–water partition coefficient (Wildman–Crippen LogP) is 3.90. The highest BCUT2D eigenvalue weighted by atomic mass is 32.2. The van der Waals surface area contributed by atoms with Crippen LogP contribution in [0.4, 0.5) is 10.1 Å². The van der Waals surface area contributed by atoms with Gasteiger partial charge in [-0.25, -0.2) is 4.39 Å². The van der Waals surface area contributed by atoms with E-state index in [9.17, 15) is 4.39 Å². The van der Waals surface area contributed by atoms with Crippen molar-refractivity contribution < 1.29 is 4.39 Å². The van der Waals surface area contributed by atoms with Crippen molar-refractivity contribution >= 4 is 17.4 Å². The van der Waals surface area contributed by atoms with Crippen LogP contribution in [0.5, 0.6) is 0 Å². The van der Waals surface area contributed by atoms with E-state index in [1.165, 1.54) is 25.7 Å². The van der Waals surface area contributed by atoms with Crippen LogP contribution in [-0.4, -0.2) is 12.3 Å². The maximum atomic E-state index is 13.7. The third-order valence-corrected chi connectivity index (χ3v) is 5.22. The Morgan fingerprint density at radius 1 is 1.25 bits per heavy atom. The number of fused-ring (bicyclic) bond motifs is 1. The van der Waals surface area contributed by atoms with E-state index in [1.807, 2.05) is 17.8 Å². The summed E-state index contributed by atoms with van der Waals surface area (Å²) in [6.45, 7) is 0.938. The van der Waals surface area contributed by atoms with Crippen LogP contribution in [0.15, 0.2) is 23.1 Å². The second kappa shape index (κ2) is 3.95. The summed E-state index contributed by atoms with van der Waals surface area (Å²) in [5.41, 5.74) is 1.13. The van der Waals surface area contributed by atoms with E-state index in [1.54, 1.807) is 12.1 Å². The van der Waals surface area contributed by atoms with Crippen molar-refractivity contribution in [3.8, 4) is 0 Å². The Bertz CT molecular complexity index is 399. The average Bonchev–Trinajstić information content (AvgIpc) is 2.65. The summed E-state index contributed by atoms with van der Waals surface area (Å²) in [5, 5.41) is 3.33. The zero-order valence-electron chi connectivity index (χ0n) is 9.26. The van der Waals surface area contributed by atoms with Crippen molar-refractivity contribution in [1.29, 1.82) is 0 Å². The summed E-state index contributed by atoms with van der Waals surface area (Å²) in [5.74, 6) is 1.02. The molecule has 1 heterocycles. The van der Waals surface area contributed by atoms with Gasteiger partial charge in [-0.2, -0.15) is 0 Å². The molecule has 1 saturated carbocycles. The predicted molar refractivity (Wildman–Crippen MR) is 66.5 cm³/mol. The number of halogens is 1. The first-order chi connectivity index (χ1) is 7.79. The minimum atomic E-state index is -0.111. The summed E-state index contributed by atoms with van der Waals surface area (Å²) < 4.78 is 13.7. The van der Waals surface area contributed by atoms with Gasteiger partial charge in [0.25, 0.3) is 0 Å². The number of hydrogen-bond acceptors (Lipinski definition) is 2. The highest BCUT2D eigenvalue weighted by molar-refractivity contribution is 7.99. The molecule has 3 rings (SSSR count). The van der Waals surface area contributed by atoms with Gasteiger partial charge in [0.2, 0.25) is 0 Å². The first-order valence-corrected chi connectivity index (χ1v) is 6.93. The molecule has 1 spiro atoms. The Labute approximate surface area is 99.8 Å². The van der Waals surface area contributed by atoms with Crippen molar-refractivity contribution in [1.82, 2.24) is 0 Å². The maximum absolute atomic E-state index is 13.7. The van der Waals surface area contributed by atoms with Crippen molar-refractivity contribution in [3.05, 3.63) is 24.0 Å². The molecule has 1 aliphatic carbocycles. The van der Waals surface area contributed by atoms with Crippen LogP contribution >= 0.6 is 11.8 Å². The fourth-order valence-corrected chi connectivity index (χ4v) is 4.14. The number of nitrogens with one attached hydrogen (secondary N) is 1. The summed E-state index contributed by atoms with van der Waals surface area (Å²) in [6, 6.07) is 5.36. The topological polar surface area (TPSA) is 12.0 Å². The summed E-state index contributed by atoms with van der Waals surface area (Å²) in [7, 11) is 0. The highest BCUT2D eigenvalue weighted by Crippen LogP contribution is 2.46. The van der Waals surface area contributed by atoms with E-state index in [-0.39, 0.29) is 5.82 Å². The molecule has 0 bridgehead atoms. The number of anilines is 1. The van der Waals surface area contributed by atoms with Crippen LogP contribution in [-0.2, 0) is 0 Å². The van der Waals surface area contributed by atoms with E-state index >= 15 is 0 Å². The second-order valence-corrected chi connectivity index (χ2v) is 5.98. The van der Waals surface area contributed by atoms with Crippen LogP contribution < -0.4 is 5.32 Å². The molecule has 1 fully saturated rings. The molecule has 3 heteroatoms. The lowest BCUT2D eigenvalue weighted by molar-refractivity contribution is 0.372. The van der Waals surface area contributed by atoms with Crippen molar-refractivity contribution in [2.24, 2.45) is 5.41 Å². The average molecular weight is 237 g/mol. The van der Waals surface area contributed by atoms with Gasteiger partial charge in [0.05, 0.1) is 5.69 Å². The van der Waals surface area contributed by atoms with Gasteiger partial charge in [-0.3, -0.25) is 0 Å². The molecule has 0 radical (unpaired) electrons. The van der Waals surface area contributed by atoms with Gasteiger partial charge in [-0.1, -0.05) is 18.9 Å². The van der Waals surface area contributed by atoms with E-state index in [0.717, 1.165) is 22.9 Å². The molecule has 1 aliphatic heterocycles. The third-order valence-electron chi connectivity index (χ3n) is 3.81. The molecule has 16 heavy (non-hydrogen) atoms. The van der Waals surface area contributed by atoms with Gasteiger partial charge >= 0.3 is 0 Å². The van der Waals surface area contributed by atoms with Gasteiger partial charge in [-0.15, -0.1) is 11.8 Å². The first kappa shape index (κ1) is 10.5. The van der Waals surface area contributed by atoms with Crippen LogP contribution in [0, 0.1) is 11.2 Å². The Balaban J connectivity index is 1.89. The Hall–Kier alpha value is -0.700. The number of rotatable bonds is 0. The van der Waals surface area contributed by atoms with Crippen LogP contribution in [0.2, 0.25) is 0 Å². The summed E-state index contributed by atoms with van der Waals surface area (Å²) >= 11 is 1.82. The molecule has 1 nitrogen and oxygen atoms in total. The number of hydrogen-bond donors (Lipinski definition) is 1. The molecule has 0 unspecified atom stereocenters. The van der Waals surface area contributed by atoms with E-state index < -0.39 is 0 Å². The summed E-state index contributed by atoms with van der Waals surface area (Å²) in [6.07, 6.45) is 5.26. The molecule has 1 N–H and O–H groups in total. The Morgan fingerprint density at radius 3 is 2.88 bits per heavy atom. The van der Waals surface area contributed by atoms with Gasteiger partial charge in [0.1, 0.15) is 5.82 Å². The van der Waals surface area contributed by atoms with E-state index in [2.05, 4.69) is 5.32 Å². The number of thioether (sulfide) groups is 1. The normalized spacial score (nSPS) is 22.6. The van der Waals surface area contributed by atoms with Crippen molar-refractivity contribution in [3.63, 3.8) is 0 Å². The van der Waals surface area contributed by atoms with Crippen molar-refractivity contribution in [2.75, 3.05) is 17.6 Å². The molecule has 2 aliphatic rings. The zero-order chi connectivity index (χ0) is 11.0. The van der Waals surface area contributed by atoms with Gasteiger partial charge in [-0.05, 0) is 30.4 Å². The summed E-state index contributed by atoms with van der Waals surface area (Å²) in [4.78, 5) is 1.07. The smallest absolute Gasteiger partial charge is 0.147 e. The largest absolute Gasteiger partial charge is 0.381 e. The first-order valence-electron chi connectivity index (χ1n) is 5.94. The van der Waals surface area contributed by atoms with Gasteiger partial charge < -0.3 is 5.32 Å². The standard InChI is InChI=1S/C13H16FNS/c14-10-4-3-5-11-12(10)15-8-13(9-16-11)6-1-2-7-13/h3-5,15H,1-2,6-9H2. The quantitative estimate of drug-likeness (QED) is 0.734. The molecule has 1 aromatic carbocycles. The second-order valence-electron chi connectivity index (χ2n) is 4.96. The lowest BCUT2D eigenvalue weighted by Crippen LogP contribution is -2.27. The fourth-order valence-electron chi connectivity index (χ4n) is 2.80. The number of para-hydroxylation sites is 1. The molecule has 1 aromatic rings. The van der Waals surface area contributed by atoms with Crippen LogP contribution in [0.1, 0.15) is 25.7 Å². The molecular weight excluding hydrogens is 221 g/mol. The maximum Gasteiger partial charge on any atom is 0.147 e. The molecule has 0 amide bonds. The fraction of sp³-hybridized carbons (Fsp3) is 0.538. The third kappa shape index (κ3) is 1.71. The van der Waals surface area contributed by atoms with Crippen LogP contribution in [0.3, 0.4) is 0 Å². The molecule has 86 valence electrons. The highest BCUT2D eigenvalue weighted by Gasteiger charge is 2.36. The monoisotopic (exact) mass is 237 g/mol. The number of benzene rings is 1. The molecule has 0 saturated heterocycles. The SMILES string of the molecule is Fc1cccc2c1NCC1(CCCC1)CS2. The minimum Gasteiger partial charge on any atom is -0.381 e. The van der Waals surface area contributed by atoms with Crippen LogP contribution in [0.25, 0.3) is 0 Å².